The molecule has 0 unspecified atom stereocenters. The van der Waals surface area contributed by atoms with Crippen LogP contribution in [0.15, 0.2) is 0 Å². The van der Waals surface area contributed by atoms with Gasteiger partial charge in [-0.1, -0.05) is 219 Å². The van der Waals surface area contributed by atoms with E-state index in [2.05, 4.69) is 19.2 Å². The molecule has 0 rings (SSSR count). The molecule has 0 saturated carbocycles. The maximum Gasteiger partial charge on any atom is 0.220 e. The van der Waals surface area contributed by atoms with E-state index in [4.69, 9.17) is 0 Å². The van der Waals surface area contributed by atoms with Gasteiger partial charge in [0.2, 0.25) is 5.91 Å². The lowest BCUT2D eigenvalue weighted by molar-refractivity contribution is -0.123. The molecule has 0 spiro atoms. The molecule has 288 valence electrons. The highest BCUT2D eigenvalue weighted by Crippen LogP contribution is 2.17. The number of aliphatic hydroxyl groups excluding tert-OH is 3. The van der Waals surface area contributed by atoms with E-state index in [-0.39, 0.29) is 18.9 Å². The molecule has 0 aliphatic heterocycles. The van der Waals surface area contributed by atoms with Crippen molar-refractivity contribution in [3.05, 3.63) is 0 Å². The number of nitrogens with one attached hydrogen (secondary N) is 1. The minimum Gasteiger partial charge on any atom is -0.394 e. The van der Waals surface area contributed by atoms with Crippen molar-refractivity contribution in [2.45, 2.75) is 263 Å². The molecule has 0 aromatic rings. The first-order valence-electron chi connectivity index (χ1n) is 21.8. The summed E-state index contributed by atoms with van der Waals surface area (Å²) in [5.74, 6) is -0.111. The Bertz CT molecular complexity index is 630. The third-order valence-electron chi connectivity index (χ3n) is 10.4. The molecule has 3 atom stereocenters. The van der Waals surface area contributed by atoms with Crippen molar-refractivity contribution in [1.82, 2.24) is 5.32 Å². The fourth-order valence-corrected chi connectivity index (χ4v) is 7.04. The van der Waals surface area contributed by atoms with Gasteiger partial charge in [0.25, 0.3) is 0 Å². The molecule has 0 fully saturated rings. The van der Waals surface area contributed by atoms with E-state index in [0.717, 1.165) is 25.7 Å². The topological polar surface area (TPSA) is 89.8 Å². The third-order valence-corrected chi connectivity index (χ3v) is 10.4. The lowest BCUT2D eigenvalue weighted by Crippen LogP contribution is -2.46. The van der Waals surface area contributed by atoms with Crippen molar-refractivity contribution >= 4 is 5.91 Å². The predicted molar refractivity (Wildman–Crippen MR) is 209 cm³/mol. The van der Waals surface area contributed by atoms with Gasteiger partial charge in [-0.05, 0) is 12.8 Å². The molecule has 0 radical (unpaired) electrons. The van der Waals surface area contributed by atoms with Crippen molar-refractivity contribution in [3.63, 3.8) is 0 Å². The summed E-state index contributed by atoms with van der Waals surface area (Å²) in [6, 6.07) is -0.705. The number of aliphatic hydroxyl groups is 3. The van der Waals surface area contributed by atoms with Crippen LogP contribution in [0.5, 0.6) is 0 Å². The molecule has 5 nitrogen and oxygen atoms in total. The average molecular weight is 682 g/mol. The predicted octanol–water partition coefficient (Wildman–Crippen LogP) is 12.3. The molecular formula is C43H87NO4. The summed E-state index contributed by atoms with van der Waals surface area (Å²) in [6.07, 6.45) is 43.4. The van der Waals surface area contributed by atoms with Gasteiger partial charge in [-0.15, -0.1) is 0 Å². The molecule has 0 aliphatic carbocycles. The van der Waals surface area contributed by atoms with Gasteiger partial charge in [-0.3, -0.25) is 4.79 Å². The molecule has 4 N–H and O–H groups in total. The summed E-state index contributed by atoms with van der Waals surface area (Å²) in [5, 5.41) is 33.5. The van der Waals surface area contributed by atoms with Crippen molar-refractivity contribution in [3.8, 4) is 0 Å². The smallest absolute Gasteiger partial charge is 0.220 e. The number of amides is 1. The number of rotatable bonds is 40. The summed E-state index contributed by atoms with van der Waals surface area (Å²) in [7, 11) is 0. The molecule has 0 saturated heterocycles. The molecule has 0 aromatic carbocycles. The van der Waals surface area contributed by atoms with Crippen LogP contribution in [0, 0.1) is 0 Å². The quantitative estimate of drug-likeness (QED) is 0.0485. The van der Waals surface area contributed by atoms with Gasteiger partial charge in [0.15, 0.2) is 0 Å². The lowest BCUT2D eigenvalue weighted by atomic mass is 9.99. The van der Waals surface area contributed by atoms with Crippen LogP contribution in [-0.4, -0.2) is 46.1 Å². The zero-order chi connectivity index (χ0) is 35.2. The first-order chi connectivity index (χ1) is 23.5. The van der Waals surface area contributed by atoms with Gasteiger partial charge in [-0.2, -0.15) is 0 Å². The second-order valence-corrected chi connectivity index (χ2v) is 15.3. The van der Waals surface area contributed by atoms with E-state index in [0.29, 0.717) is 12.8 Å². The highest BCUT2D eigenvalue weighted by atomic mass is 16.3. The number of hydrogen-bond donors (Lipinski definition) is 4. The highest BCUT2D eigenvalue weighted by molar-refractivity contribution is 5.76. The molecule has 0 aromatic heterocycles. The SMILES string of the molecule is CCCCCCCCCCCCCCCCCCCCCC[C@H](O)C[C@H](O)[C@H](CO)NC(=O)CCCCCCCCCCCCCCC. The Balaban J connectivity index is 3.56. The van der Waals surface area contributed by atoms with E-state index >= 15 is 0 Å². The van der Waals surface area contributed by atoms with Crippen LogP contribution in [0.1, 0.15) is 245 Å². The van der Waals surface area contributed by atoms with Crippen molar-refractivity contribution in [2.75, 3.05) is 6.61 Å². The lowest BCUT2D eigenvalue weighted by Gasteiger charge is -2.24. The zero-order valence-corrected chi connectivity index (χ0v) is 32.6. The fourth-order valence-electron chi connectivity index (χ4n) is 7.04. The maximum atomic E-state index is 12.4. The Hall–Kier alpha value is -0.650. The first-order valence-corrected chi connectivity index (χ1v) is 21.8. The number of unbranched alkanes of at least 4 members (excludes halogenated alkanes) is 31. The van der Waals surface area contributed by atoms with Crippen molar-refractivity contribution < 1.29 is 20.1 Å². The van der Waals surface area contributed by atoms with Gasteiger partial charge >= 0.3 is 0 Å². The highest BCUT2D eigenvalue weighted by Gasteiger charge is 2.23. The number of hydrogen-bond acceptors (Lipinski definition) is 4. The summed E-state index contributed by atoms with van der Waals surface area (Å²) in [6.45, 7) is 4.24. The van der Waals surface area contributed by atoms with E-state index in [1.54, 1.807) is 0 Å². The van der Waals surface area contributed by atoms with Crippen molar-refractivity contribution in [1.29, 1.82) is 0 Å². The normalized spacial score (nSPS) is 13.5. The number of carbonyl (C=O) groups is 1. The summed E-state index contributed by atoms with van der Waals surface area (Å²) in [5.41, 5.74) is 0. The van der Waals surface area contributed by atoms with E-state index in [1.807, 2.05) is 0 Å². The summed E-state index contributed by atoms with van der Waals surface area (Å²) < 4.78 is 0. The van der Waals surface area contributed by atoms with Crippen LogP contribution in [0.4, 0.5) is 0 Å². The van der Waals surface area contributed by atoms with Crippen molar-refractivity contribution in [2.24, 2.45) is 0 Å². The Morgan fingerprint density at radius 2 is 0.750 bits per heavy atom. The van der Waals surface area contributed by atoms with Crippen LogP contribution in [0.3, 0.4) is 0 Å². The molecule has 0 bridgehead atoms. The Kier molecular flexibility index (Phi) is 38.6. The zero-order valence-electron chi connectivity index (χ0n) is 32.6. The summed E-state index contributed by atoms with van der Waals surface area (Å²) >= 11 is 0. The van der Waals surface area contributed by atoms with Crippen LogP contribution in [-0.2, 0) is 4.79 Å². The minimum absolute atomic E-state index is 0.111. The van der Waals surface area contributed by atoms with Gasteiger partial charge in [-0.25, -0.2) is 0 Å². The maximum absolute atomic E-state index is 12.4. The Labute approximate surface area is 300 Å². The van der Waals surface area contributed by atoms with Crippen LogP contribution < -0.4 is 5.32 Å². The molecule has 0 heterocycles. The molecule has 48 heavy (non-hydrogen) atoms. The van der Waals surface area contributed by atoms with Gasteiger partial charge in [0, 0.05) is 12.8 Å². The van der Waals surface area contributed by atoms with Crippen LogP contribution in [0.2, 0.25) is 0 Å². The summed E-state index contributed by atoms with van der Waals surface area (Å²) in [4.78, 5) is 12.4. The fraction of sp³-hybridized carbons (Fsp3) is 0.977. The average Bonchev–Trinajstić information content (AvgIpc) is 3.08. The standard InChI is InChI=1S/C43H87NO4/c1-3-5-7-9-11-13-15-17-18-19-20-21-22-23-25-26-28-30-32-34-36-40(46)38-42(47)41(39-45)44-43(48)37-35-33-31-29-27-24-16-14-12-10-8-6-4-2/h40-42,45-47H,3-39H2,1-2H3,(H,44,48)/t40-,41-,42-/m0/s1. The Morgan fingerprint density at radius 3 is 1.06 bits per heavy atom. The molecular weight excluding hydrogens is 594 g/mol. The van der Waals surface area contributed by atoms with Gasteiger partial charge < -0.3 is 20.6 Å². The monoisotopic (exact) mass is 682 g/mol. The van der Waals surface area contributed by atoms with Gasteiger partial charge in [0.05, 0.1) is 24.9 Å². The third kappa shape index (κ3) is 35.2. The minimum atomic E-state index is -0.925. The van der Waals surface area contributed by atoms with E-state index in [1.165, 1.54) is 186 Å². The first kappa shape index (κ1) is 47.4. The van der Waals surface area contributed by atoms with Crippen LogP contribution in [0.25, 0.3) is 0 Å². The molecule has 1 amide bonds. The van der Waals surface area contributed by atoms with E-state index < -0.39 is 18.2 Å². The second kappa shape index (κ2) is 39.1. The second-order valence-electron chi connectivity index (χ2n) is 15.3. The molecule has 5 heteroatoms. The Morgan fingerprint density at radius 1 is 0.458 bits per heavy atom. The molecule has 0 aliphatic rings. The van der Waals surface area contributed by atoms with Gasteiger partial charge in [0.1, 0.15) is 0 Å². The van der Waals surface area contributed by atoms with Crippen LogP contribution >= 0.6 is 0 Å². The largest absolute Gasteiger partial charge is 0.394 e. The van der Waals surface area contributed by atoms with E-state index in [9.17, 15) is 20.1 Å². The number of carbonyl (C=O) groups excluding carboxylic acids is 1.